The molecule has 0 spiro atoms. The summed E-state index contributed by atoms with van der Waals surface area (Å²) in [6.45, 7) is 3.64. The maximum atomic E-state index is 12.4. The average molecular weight is 455 g/mol. The molecule has 3 rings (SSSR count). The van der Waals surface area contributed by atoms with E-state index in [-0.39, 0.29) is 50.4 Å². The topological polar surface area (TPSA) is 116 Å². The molecule has 176 valence electrons. The molecule has 0 heterocycles. The Kier molecular flexibility index (Phi) is 8.06. The summed E-state index contributed by atoms with van der Waals surface area (Å²) >= 11 is 0. The zero-order valence-electron chi connectivity index (χ0n) is 18.9. The molecular weight excluding hydrogens is 424 g/mol. The van der Waals surface area contributed by atoms with Gasteiger partial charge in [0.15, 0.2) is 0 Å². The van der Waals surface area contributed by atoms with Gasteiger partial charge >= 0.3 is 12.1 Å². The van der Waals surface area contributed by atoms with E-state index in [2.05, 4.69) is 17.4 Å². The Bertz CT molecular complexity index is 960. The zero-order valence-corrected chi connectivity index (χ0v) is 18.9. The number of benzene rings is 2. The highest BCUT2D eigenvalue weighted by molar-refractivity contribution is 5.79. The fourth-order valence-corrected chi connectivity index (χ4v) is 4.13. The molecule has 1 aliphatic rings. The summed E-state index contributed by atoms with van der Waals surface area (Å²) in [6.07, 6.45) is -2.17. The Balaban J connectivity index is 1.49. The number of nitrogens with one attached hydrogen (secondary N) is 1. The van der Waals surface area contributed by atoms with Gasteiger partial charge in [0, 0.05) is 25.0 Å². The average Bonchev–Trinajstić information content (AvgIpc) is 3.09. The predicted octanol–water partition coefficient (Wildman–Crippen LogP) is 2.99. The van der Waals surface area contributed by atoms with E-state index in [1.807, 2.05) is 36.4 Å². The van der Waals surface area contributed by atoms with Gasteiger partial charge in [0.25, 0.3) is 0 Å². The van der Waals surface area contributed by atoms with Gasteiger partial charge in [0.05, 0.1) is 18.9 Å². The van der Waals surface area contributed by atoms with E-state index in [9.17, 15) is 19.5 Å². The van der Waals surface area contributed by atoms with Gasteiger partial charge in [-0.15, -0.1) is 0 Å². The third kappa shape index (κ3) is 6.10. The van der Waals surface area contributed by atoms with E-state index in [1.165, 1.54) is 4.90 Å². The monoisotopic (exact) mass is 454 g/mol. The Hall–Kier alpha value is -3.39. The minimum atomic E-state index is -1.11. The summed E-state index contributed by atoms with van der Waals surface area (Å²) < 4.78 is 5.42. The predicted molar refractivity (Wildman–Crippen MR) is 123 cm³/mol. The zero-order chi connectivity index (χ0) is 24.0. The minimum absolute atomic E-state index is 0.0662. The van der Waals surface area contributed by atoms with Gasteiger partial charge in [0.2, 0.25) is 5.91 Å². The molecule has 0 radical (unpaired) electrons. The number of hydrogen-bond acceptors (Lipinski definition) is 5. The molecule has 1 aliphatic carbocycles. The van der Waals surface area contributed by atoms with Crippen LogP contribution in [0.1, 0.15) is 43.7 Å². The summed E-state index contributed by atoms with van der Waals surface area (Å²) in [5.74, 6) is -1.43. The molecule has 0 saturated carbocycles. The standard InChI is InChI=1S/C25H30N2O6/c1-16(2)27(12-11-24(30)31)23(29)13-17(28)14-26-25(32)33-15-22-20-9-5-3-7-18(20)19-8-4-6-10-21(19)22/h3-10,16-17,22,28H,11-15H2,1-2H3,(H,26,32)(H,30,31). The number of carboxylic acid groups (broad SMARTS) is 1. The van der Waals surface area contributed by atoms with Crippen LogP contribution in [0.5, 0.6) is 0 Å². The molecule has 0 saturated heterocycles. The van der Waals surface area contributed by atoms with Crippen LogP contribution in [0.2, 0.25) is 0 Å². The molecule has 0 aromatic heterocycles. The first-order valence-electron chi connectivity index (χ1n) is 11.1. The molecule has 1 atom stereocenters. The molecule has 1 unspecified atom stereocenters. The van der Waals surface area contributed by atoms with Crippen molar-refractivity contribution in [3.63, 3.8) is 0 Å². The van der Waals surface area contributed by atoms with Crippen molar-refractivity contribution in [3.8, 4) is 11.1 Å². The SMILES string of the molecule is CC(C)N(CCC(=O)O)C(=O)CC(O)CNC(=O)OCC1c2ccccc2-c2ccccc21. The lowest BCUT2D eigenvalue weighted by Gasteiger charge is -2.27. The lowest BCUT2D eigenvalue weighted by atomic mass is 9.98. The number of ether oxygens (including phenoxy) is 1. The van der Waals surface area contributed by atoms with Gasteiger partial charge in [-0.05, 0) is 36.1 Å². The highest BCUT2D eigenvalue weighted by Gasteiger charge is 2.29. The molecular formula is C25H30N2O6. The number of aliphatic hydroxyl groups excluding tert-OH is 1. The normalized spacial score (nSPS) is 13.2. The van der Waals surface area contributed by atoms with E-state index < -0.39 is 18.2 Å². The van der Waals surface area contributed by atoms with Gasteiger partial charge in [-0.25, -0.2) is 4.79 Å². The van der Waals surface area contributed by atoms with Crippen molar-refractivity contribution in [2.24, 2.45) is 0 Å². The molecule has 3 N–H and O–H groups in total. The fraction of sp³-hybridized carbons (Fsp3) is 0.400. The van der Waals surface area contributed by atoms with Crippen molar-refractivity contribution >= 4 is 18.0 Å². The van der Waals surface area contributed by atoms with E-state index in [0.29, 0.717) is 0 Å². The number of carboxylic acids is 1. The van der Waals surface area contributed by atoms with Crippen LogP contribution < -0.4 is 5.32 Å². The Morgan fingerprint density at radius 1 is 1.03 bits per heavy atom. The molecule has 0 aliphatic heterocycles. The second-order valence-corrected chi connectivity index (χ2v) is 8.39. The Labute approximate surface area is 193 Å². The summed E-state index contributed by atoms with van der Waals surface area (Å²) in [7, 11) is 0. The first kappa shape index (κ1) is 24.3. The number of aliphatic carboxylic acids is 1. The van der Waals surface area contributed by atoms with Crippen LogP contribution in [0.4, 0.5) is 4.79 Å². The number of carbonyl (C=O) groups is 3. The van der Waals surface area contributed by atoms with Crippen LogP contribution in [0.15, 0.2) is 48.5 Å². The van der Waals surface area contributed by atoms with Crippen LogP contribution in [0, 0.1) is 0 Å². The summed E-state index contributed by atoms with van der Waals surface area (Å²) in [4.78, 5) is 36.8. The second-order valence-electron chi connectivity index (χ2n) is 8.39. The number of nitrogens with zero attached hydrogens (tertiary/aromatic N) is 1. The number of hydrogen-bond donors (Lipinski definition) is 3. The highest BCUT2D eigenvalue weighted by atomic mass is 16.5. The second kappa shape index (κ2) is 11.0. The number of fused-ring (bicyclic) bond motifs is 3. The number of aliphatic hydroxyl groups is 1. The van der Waals surface area contributed by atoms with E-state index in [4.69, 9.17) is 9.84 Å². The van der Waals surface area contributed by atoms with Crippen LogP contribution >= 0.6 is 0 Å². The van der Waals surface area contributed by atoms with E-state index >= 15 is 0 Å². The first-order chi connectivity index (χ1) is 15.8. The van der Waals surface area contributed by atoms with Gasteiger partial charge in [0.1, 0.15) is 6.61 Å². The Morgan fingerprint density at radius 3 is 2.15 bits per heavy atom. The van der Waals surface area contributed by atoms with Gasteiger partial charge in [-0.2, -0.15) is 0 Å². The highest BCUT2D eigenvalue weighted by Crippen LogP contribution is 2.44. The third-order valence-corrected chi connectivity index (χ3v) is 5.75. The van der Waals surface area contributed by atoms with Crippen molar-refractivity contribution in [1.29, 1.82) is 0 Å². The lowest BCUT2D eigenvalue weighted by molar-refractivity contribution is -0.139. The van der Waals surface area contributed by atoms with Crippen molar-refractivity contribution in [2.75, 3.05) is 19.7 Å². The molecule has 2 amide bonds. The molecule has 33 heavy (non-hydrogen) atoms. The summed E-state index contributed by atoms with van der Waals surface area (Å²) in [6, 6.07) is 15.9. The lowest BCUT2D eigenvalue weighted by Crippen LogP contribution is -2.42. The number of carbonyl (C=O) groups excluding carboxylic acids is 2. The third-order valence-electron chi connectivity index (χ3n) is 5.75. The van der Waals surface area contributed by atoms with E-state index in [1.54, 1.807) is 13.8 Å². The molecule has 8 nitrogen and oxygen atoms in total. The molecule has 2 aromatic rings. The largest absolute Gasteiger partial charge is 0.481 e. The van der Waals surface area contributed by atoms with Gasteiger partial charge in [-0.1, -0.05) is 48.5 Å². The van der Waals surface area contributed by atoms with Crippen molar-refractivity contribution in [1.82, 2.24) is 10.2 Å². The maximum Gasteiger partial charge on any atom is 0.407 e. The molecule has 0 fully saturated rings. The molecule has 0 bridgehead atoms. The fourth-order valence-electron chi connectivity index (χ4n) is 4.13. The van der Waals surface area contributed by atoms with Crippen LogP contribution in [0.3, 0.4) is 0 Å². The van der Waals surface area contributed by atoms with Crippen LogP contribution in [-0.2, 0) is 14.3 Å². The number of alkyl carbamates (subject to hydrolysis) is 1. The smallest absolute Gasteiger partial charge is 0.407 e. The Morgan fingerprint density at radius 2 is 1.61 bits per heavy atom. The first-order valence-corrected chi connectivity index (χ1v) is 11.1. The van der Waals surface area contributed by atoms with E-state index in [0.717, 1.165) is 22.3 Å². The van der Waals surface area contributed by atoms with Crippen LogP contribution in [0.25, 0.3) is 11.1 Å². The van der Waals surface area contributed by atoms with Crippen LogP contribution in [-0.4, -0.2) is 64.9 Å². The number of amides is 2. The summed E-state index contributed by atoms with van der Waals surface area (Å²) in [5.41, 5.74) is 4.47. The quantitative estimate of drug-likeness (QED) is 0.508. The minimum Gasteiger partial charge on any atom is -0.481 e. The van der Waals surface area contributed by atoms with Crippen molar-refractivity contribution < 1.29 is 29.3 Å². The van der Waals surface area contributed by atoms with Crippen molar-refractivity contribution in [3.05, 3.63) is 59.7 Å². The van der Waals surface area contributed by atoms with Gasteiger partial charge < -0.3 is 25.2 Å². The van der Waals surface area contributed by atoms with Gasteiger partial charge in [-0.3, -0.25) is 9.59 Å². The summed E-state index contributed by atoms with van der Waals surface area (Å²) in [5, 5.41) is 21.5. The number of rotatable bonds is 10. The maximum absolute atomic E-state index is 12.4. The van der Waals surface area contributed by atoms with Crippen molar-refractivity contribution in [2.45, 2.75) is 44.8 Å². The molecule has 8 heteroatoms. The molecule has 2 aromatic carbocycles.